The molecule has 100 valence electrons. The molecular weight excluding hydrogens is 323 g/mol. The molecule has 0 aromatic heterocycles. The van der Waals surface area contributed by atoms with Crippen LogP contribution in [0.4, 0.5) is 15.8 Å². The molecule has 0 bridgehead atoms. The standard InChI is InChI=1S/C11H14BrFN2O2S/c1-11(2-3-18(16,17)6-11)15-10-5-8(13)7(12)4-9(10)14/h4-5,15H,2-3,6,14H2,1H3. The van der Waals surface area contributed by atoms with E-state index in [9.17, 15) is 12.8 Å². The average molecular weight is 337 g/mol. The second-order valence-corrected chi connectivity index (χ2v) is 7.92. The first-order valence-electron chi connectivity index (χ1n) is 5.44. The summed E-state index contributed by atoms with van der Waals surface area (Å²) in [6.07, 6.45) is 0.493. The SMILES string of the molecule is CC1(Nc2cc(F)c(Br)cc2N)CCS(=O)(=O)C1. The molecule has 0 saturated carbocycles. The Hall–Kier alpha value is -0.820. The minimum Gasteiger partial charge on any atom is -0.397 e. The van der Waals surface area contributed by atoms with Crippen LogP contribution in [0, 0.1) is 5.82 Å². The highest BCUT2D eigenvalue weighted by Crippen LogP contribution is 2.32. The molecule has 3 N–H and O–H groups in total. The molecule has 1 aromatic rings. The molecule has 1 fully saturated rings. The quantitative estimate of drug-likeness (QED) is 0.812. The molecule has 0 radical (unpaired) electrons. The molecule has 1 heterocycles. The van der Waals surface area contributed by atoms with Gasteiger partial charge >= 0.3 is 0 Å². The van der Waals surface area contributed by atoms with E-state index in [0.29, 0.717) is 17.8 Å². The van der Waals surface area contributed by atoms with E-state index in [0.717, 1.165) is 0 Å². The third-order valence-corrected chi connectivity index (χ3v) is 5.54. The molecule has 18 heavy (non-hydrogen) atoms. The van der Waals surface area contributed by atoms with Gasteiger partial charge in [-0.05, 0) is 35.3 Å². The number of hydrogen-bond acceptors (Lipinski definition) is 4. The first kappa shape index (κ1) is 13.6. The minimum absolute atomic E-state index is 0.0388. The van der Waals surface area contributed by atoms with Gasteiger partial charge in [0.15, 0.2) is 9.84 Å². The summed E-state index contributed by atoms with van der Waals surface area (Å²) < 4.78 is 36.7. The number of nitrogens with two attached hydrogens (primary N) is 1. The Kier molecular flexibility index (Phi) is 3.31. The van der Waals surface area contributed by atoms with Gasteiger partial charge in [0.2, 0.25) is 0 Å². The maximum Gasteiger partial charge on any atom is 0.152 e. The van der Waals surface area contributed by atoms with Crippen LogP contribution in [0.3, 0.4) is 0 Å². The zero-order valence-corrected chi connectivity index (χ0v) is 12.2. The van der Waals surface area contributed by atoms with Crippen LogP contribution >= 0.6 is 15.9 Å². The van der Waals surface area contributed by atoms with Crippen LogP contribution in [0.2, 0.25) is 0 Å². The second kappa shape index (κ2) is 4.38. The van der Waals surface area contributed by atoms with Gasteiger partial charge in [0, 0.05) is 11.6 Å². The summed E-state index contributed by atoms with van der Waals surface area (Å²) in [6.45, 7) is 1.80. The van der Waals surface area contributed by atoms with Gasteiger partial charge in [-0.1, -0.05) is 0 Å². The van der Waals surface area contributed by atoms with Crippen molar-refractivity contribution in [3.05, 3.63) is 22.4 Å². The molecule has 1 atom stereocenters. The molecule has 7 heteroatoms. The Morgan fingerprint density at radius 2 is 2.17 bits per heavy atom. The molecule has 0 amide bonds. The predicted molar refractivity (Wildman–Crippen MR) is 73.8 cm³/mol. The maximum atomic E-state index is 13.4. The summed E-state index contributed by atoms with van der Waals surface area (Å²) in [6, 6.07) is 2.74. The molecule has 1 aliphatic rings. The lowest BCUT2D eigenvalue weighted by Gasteiger charge is -2.26. The van der Waals surface area contributed by atoms with Crippen LogP contribution in [0.25, 0.3) is 0 Å². The Labute approximate surface area is 114 Å². The smallest absolute Gasteiger partial charge is 0.152 e. The van der Waals surface area contributed by atoms with Crippen LogP contribution in [0.15, 0.2) is 16.6 Å². The number of nitrogens with one attached hydrogen (secondary N) is 1. The summed E-state index contributed by atoms with van der Waals surface area (Å²) in [5.74, 6) is -0.247. The van der Waals surface area contributed by atoms with E-state index in [1.54, 1.807) is 6.92 Å². The number of rotatable bonds is 2. The van der Waals surface area contributed by atoms with E-state index in [-0.39, 0.29) is 16.0 Å². The second-order valence-electron chi connectivity index (χ2n) is 4.88. The van der Waals surface area contributed by atoms with Crippen molar-refractivity contribution in [1.29, 1.82) is 0 Å². The molecule has 2 rings (SSSR count). The van der Waals surface area contributed by atoms with Gasteiger partial charge in [-0.2, -0.15) is 0 Å². The largest absolute Gasteiger partial charge is 0.397 e. The van der Waals surface area contributed by atoms with Gasteiger partial charge in [0.1, 0.15) is 5.82 Å². The van der Waals surface area contributed by atoms with E-state index in [1.165, 1.54) is 12.1 Å². The van der Waals surface area contributed by atoms with Gasteiger partial charge in [0.25, 0.3) is 0 Å². The summed E-state index contributed by atoms with van der Waals surface area (Å²) in [4.78, 5) is 0. The molecule has 0 spiro atoms. The van der Waals surface area contributed by atoms with Crippen molar-refractivity contribution in [2.45, 2.75) is 18.9 Å². The third kappa shape index (κ3) is 2.77. The van der Waals surface area contributed by atoms with Crippen molar-refractivity contribution >= 4 is 37.1 Å². The Morgan fingerprint density at radius 3 is 2.72 bits per heavy atom. The molecule has 1 aromatic carbocycles. The van der Waals surface area contributed by atoms with Crippen molar-refractivity contribution in [3.63, 3.8) is 0 Å². The molecule has 4 nitrogen and oxygen atoms in total. The monoisotopic (exact) mass is 336 g/mol. The molecule has 1 unspecified atom stereocenters. The first-order valence-corrected chi connectivity index (χ1v) is 8.05. The summed E-state index contributed by atoms with van der Waals surface area (Å²) in [5, 5.41) is 3.04. The topological polar surface area (TPSA) is 72.2 Å². The average Bonchev–Trinajstić information content (AvgIpc) is 2.50. The van der Waals surface area contributed by atoms with Crippen LogP contribution < -0.4 is 11.1 Å². The maximum absolute atomic E-state index is 13.4. The lowest BCUT2D eigenvalue weighted by Crippen LogP contribution is -2.36. The zero-order valence-electron chi connectivity index (χ0n) is 9.83. The number of sulfone groups is 1. The van der Waals surface area contributed by atoms with Crippen LogP contribution in [-0.2, 0) is 9.84 Å². The molecule has 1 saturated heterocycles. The van der Waals surface area contributed by atoms with Crippen LogP contribution in [-0.4, -0.2) is 25.5 Å². The van der Waals surface area contributed by atoms with E-state index in [1.807, 2.05) is 0 Å². The minimum atomic E-state index is -3.01. The fourth-order valence-corrected chi connectivity index (χ4v) is 4.56. The summed E-state index contributed by atoms with van der Waals surface area (Å²) in [5.41, 5.74) is 6.01. The highest BCUT2D eigenvalue weighted by molar-refractivity contribution is 9.10. The van der Waals surface area contributed by atoms with E-state index >= 15 is 0 Å². The van der Waals surface area contributed by atoms with Crippen LogP contribution in [0.1, 0.15) is 13.3 Å². The van der Waals surface area contributed by atoms with Crippen molar-refractivity contribution in [2.75, 3.05) is 22.6 Å². The number of hydrogen-bond donors (Lipinski definition) is 2. The van der Waals surface area contributed by atoms with Crippen molar-refractivity contribution in [3.8, 4) is 0 Å². The van der Waals surface area contributed by atoms with E-state index in [4.69, 9.17) is 5.73 Å². The van der Waals surface area contributed by atoms with Crippen molar-refractivity contribution < 1.29 is 12.8 Å². The first-order chi connectivity index (χ1) is 8.21. The van der Waals surface area contributed by atoms with Gasteiger partial charge < -0.3 is 11.1 Å². The van der Waals surface area contributed by atoms with Gasteiger partial charge in [-0.3, -0.25) is 0 Å². The number of nitrogen functional groups attached to an aromatic ring is 1. The number of halogens is 2. The normalized spacial score (nSPS) is 26.2. The summed E-state index contributed by atoms with van der Waals surface area (Å²) >= 11 is 3.05. The van der Waals surface area contributed by atoms with E-state index in [2.05, 4.69) is 21.2 Å². The highest BCUT2D eigenvalue weighted by atomic mass is 79.9. The summed E-state index contributed by atoms with van der Waals surface area (Å²) in [7, 11) is -3.01. The molecular formula is C11H14BrFN2O2S. The van der Waals surface area contributed by atoms with E-state index < -0.39 is 21.2 Å². The zero-order chi connectivity index (χ0) is 13.6. The fourth-order valence-electron chi connectivity index (χ4n) is 2.10. The van der Waals surface area contributed by atoms with Gasteiger partial charge in [-0.25, -0.2) is 12.8 Å². The highest BCUT2D eigenvalue weighted by Gasteiger charge is 2.38. The predicted octanol–water partition coefficient (Wildman–Crippen LogP) is 2.16. The van der Waals surface area contributed by atoms with Crippen molar-refractivity contribution in [1.82, 2.24) is 0 Å². The van der Waals surface area contributed by atoms with Crippen LogP contribution in [0.5, 0.6) is 0 Å². The fraction of sp³-hybridized carbons (Fsp3) is 0.455. The lowest BCUT2D eigenvalue weighted by atomic mass is 10.0. The number of anilines is 2. The van der Waals surface area contributed by atoms with Gasteiger partial charge in [0.05, 0.1) is 27.4 Å². The molecule has 0 aliphatic carbocycles. The Morgan fingerprint density at radius 1 is 1.50 bits per heavy atom. The third-order valence-electron chi connectivity index (χ3n) is 3.03. The van der Waals surface area contributed by atoms with Gasteiger partial charge in [-0.15, -0.1) is 0 Å². The lowest BCUT2D eigenvalue weighted by molar-refractivity contribution is 0.572. The van der Waals surface area contributed by atoms with Crippen molar-refractivity contribution in [2.24, 2.45) is 0 Å². The molecule has 1 aliphatic heterocycles. The Bertz CT molecular complexity index is 591. The number of benzene rings is 1. The Balaban J connectivity index is 2.28.